The molecule has 1 saturated heterocycles. The molecule has 41 heavy (non-hydrogen) atoms. The van der Waals surface area contributed by atoms with Crippen molar-refractivity contribution in [2.75, 3.05) is 12.3 Å². The SMILES string of the molecule is Nc1ncnc2c1ncn2[C@@H]1O[C@H](COP(=O)([O-])OP(=O)([O-])O)[C@H](O)[C@H]1O.[NH3+]C1CCCCC1.[NH3+]C1CCCCC1. The maximum atomic E-state index is 11.3. The molecule has 2 saturated carbocycles. The lowest BCUT2D eigenvalue weighted by Crippen LogP contribution is -2.61. The maximum Gasteiger partial charge on any atom is 0.274 e. The lowest BCUT2D eigenvalue weighted by Gasteiger charge is -2.28. The minimum absolute atomic E-state index is 0.0714. The Hall–Kier alpha value is -1.59. The summed E-state index contributed by atoms with van der Waals surface area (Å²) >= 11 is 0. The largest absolute Gasteiger partial charge is 0.756 e. The topological polar surface area (TPSA) is 294 Å². The van der Waals surface area contributed by atoms with Crippen LogP contribution in [0.5, 0.6) is 0 Å². The summed E-state index contributed by atoms with van der Waals surface area (Å²) in [4.78, 5) is 41.9. The molecule has 0 spiro atoms. The molecule has 0 aromatic carbocycles. The fourth-order valence-corrected chi connectivity index (χ4v) is 6.37. The highest BCUT2D eigenvalue weighted by atomic mass is 31.3. The average molecular weight is 626 g/mol. The van der Waals surface area contributed by atoms with Crippen molar-refractivity contribution in [2.24, 2.45) is 0 Å². The fourth-order valence-electron chi connectivity index (χ4n) is 4.84. The lowest BCUT2D eigenvalue weighted by molar-refractivity contribution is -0.425. The number of hydrogen-bond acceptors (Lipinski definition) is 13. The second kappa shape index (κ2) is 15.2. The molecule has 2 aliphatic carbocycles. The molecular weight excluding hydrogens is 584 g/mol. The number of anilines is 1. The van der Waals surface area contributed by atoms with Crippen LogP contribution in [0.4, 0.5) is 5.82 Å². The summed E-state index contributed by atoms with van der Waals surface area (Å²) < 4.78 is 36.1. The van der Waals surface area contributed by atoms with E-state index < -0.39 is 46.8 Å². The van der Waals surface area contributed by atoms with Crippen LogP contribution in [-0.2, 0) is 22.7 Å². The van der Waals surface area contributed by atoms with Crippen LogP contribution in [0.1, 0.15) is 70.4 Å². The van der Waals surface area contributed by atoms with Gasteiger partial charge in [0.25, 0.3) is 15.6 Å². The summed E-state index contributed by atoms with van der Waals surface area (Å²) in [6.45, 7) is -0.904. The lowest BCUT2D eigenvalue weighted by atomic mass is 9.97. The number of nitrogen functional groups attached to an aromatic ring is 1. The molecule has 0 radical (unpaired) electrons. The summed E-state index contributed by atoms with van der Waals surface area (Å²) in [5.41, 5.74) is 14.1. The van der Waals surface area contributed by atoms with Crippen LogP contribution in [0.15, 0.2) is 12.7 Å². The number of nitrogens with two attached hydrogens (primary N) is 1. The second-order valence-electron chi connectivity index (χ2n) is 10.4. The fraction of sp³-hybridized carbons (Fsp3) is 0.773. The Morgan fingerprint density at radius 2 is 1.54 bits per heavy atom. The van der Waals surface area contributed by atoms with Gasteiger partial charge in [-0.25, -0.2) is 19.3 Å². The number of aliphatic hydroxyl groups excluding tert-OH is 2. The molecule has 0 amide bonds. The first-order valence-electron chi connectivity index (χ1n) is 13.6. The third-order valence-corrected chi connectivity index (χ3v) is 9.14. The average Bonchev–Trinajstić information content (AvgIpc) is 3.45. The summed E-state index contributed by atoms with van der Waals surface area (Å²) in [7, 11) is -11.0. The van der Waals surface area contributed by atoms with E-state index in [0.717, 1.165) is 18.4 Å². The van der Waals surface area contributed by atoms with Crippen LogP contribution in [0.25, 0.3) is 11.2 Å². The number of nitrogens with zero attached hydrogens (tertiary/aromatic N) is 4. The van der Waals surface area contributed by atoms with Gasteiger partial charge >= 0.3 is 0 Å². The minimum Gasteiger partial charge on any atom is -0.756 e. The van der Waals surface area contributed by atoms with E-state index in [-0.39, 0.29) is 17.0 Å². The number of quaternary nitrogens is 2. The number of hydrogen-bond donors (Lipinski definition) is 6. The summed E-state index contributed by atoms with van der Waals surface area (Å²) in [6.07, 6.45) is 10.7. The molecule has 2 aromatic rings. The molecule has 17 nitrogen and oxygen atoms in total. The van der Waals surface area contributed by atoms with Gasteiger partial charge in [0, 0.05) is 0 Å². The normalized spacial score (nSPS) is 28.6. The van der Waals surface area contributed by atoms with Gasteiger partial charge in [-0.1, -0.05) is 12.8 Å². The third-order valence-electron chi connectivity index (χ3n) is 7.05. The molecule has 19 heteroatoms. The minimum atomic E-state index is -5.60. The second-order valence-corrected chi connectivity index (χ2v) is 13.2. The Morgan fingerprint density at radius 1 is 0.976 bits per heavy atom. The number of aliphatic hydroxyl groups is 2. The van der Waals surface area contributed by atoms with Gasteiger partial charge in [0.2, 0.25) is 0 Å². The first-order chi connectivity index (χ1) is 19.3. The molecule has 3 heterocycles. The zero-order valence-electron chi connectivity index (χ0n) is 22.8. The van der Waals surface area contributed by atoms with E-state index in [1.807, 2.05) is 0 Å². The van der Waals surface area contributed by atoms with Gasteiger partial charge in [-0.15, -0.1) is 0 Å². The number of rotatable bonds is 6. The highest BCUT2D eigenvalue weighted by Gasteiger charge is 2.45. The van der Waals surface area contributed by atoms with Gasteiger partial charge in [0.05, 0.1) is 25.0 Å². The van der Waals surface area contributed by atoms with Crippen molar-refractivity contribution in [3.05, 3.63) is 12.7 Å². The number of phosphoric acid groups is 2. The van der Waals surface area contributed by atoms with Crippen LogP contribution in [-0.4, -0.2) is 71.6 Å². The van der Waals surface area contributed by atoms with Crippen LogP contribution in [0.3, 0.4) is 0 Å². The molecule has 3 fully saturated rings. The zero-order chi connectivity index (χ0) is 30.2. The van der Waals surface area contributed by atoms with Crippen molar-refractivity contribution in [3.8, 4) is 0 Å². The molecule has 2 unspecified atom stereocenters. The number of fused-ring (bicyclic) bond motifs is 1. The zero-order valence-corrected chi connectivity index (χ0v) is 24.6. The Labute approximate surface area is 237 Å². The van der Waals surface area contributed by atoms with Crippen LogP contribution >= 0.6 is 15.6 Å². The standard InChI is InChI=1S/C10H15N5O10P2.2C6H13N/c11-8-5-9(13-2-12-8)15(3-14-5)10-7(17)6(16)4(24-10)1-23-27(21,22)25-26(18,19)20;2*7-6-4-2-1-3-5-6/h2-4,6-7,10,16-17H,1H2,(H,21,22)(H2,11,12,13)(H2,18,19,20);2*6H,1-5,7H2/t4-,6+,7-,10-;;/m1../s1. The molecule has 0 bridgehead atoms. The highest BCUT2D eigenvalue weighted by molar-refractivity contribution is 7.59. The predicted molar refractivity (Wildman–Crippen MR) is 140 cm³/mol. The van der Waals surface area contributed by atoms with Gasteiger partial charge in [-0.3, -0.25) is 13.7 Å². The highest BCUT2D eigenvalue weighted by Crippen LogP contribution is 2.52. The molecule has 5 rings (SSSR count). The quantitative estimate of drug-likeness (QED) is 0.191. The van der Waals surface area contributed by atoms with Crippen molar-refractivity contribution in [1.82, 2.24) is 19.5 Å². The van der Waals surface area contributed by atoms with E-state index in [1.165, 1.54) is 75.1 Å². The number of imidazole rings is 1. The van der Waals surface area contributed by atoms with E-state index in [0.29, 0.717) is 0 Å². The molecule has 234 valence electrons. The van der Waals surface area contributed by atoms with E-state index in [1.54, 1.807) is 0 Å². The van der Waals surface area contributed by atoms with E-state index >= 15 is 0 Å². The number of phosphoric ester groups is 1. The Bertz CT molecular complexity index is 1170. The summed E-state index contributed by atoms with van der Waals surface area (Å²) in [5.74, 6) is 0.0714. The van der Waals surface area contributed by atoms with Gasteiger partial charge in [0.1, 0.15) is 30.2 Å². The Morgan fingerprint density at radius 3 is 2.02 bits per heavy atom. The van der Waals surface area contributed by atoms with Crippen LogP contribution < -0.4 is 27.0 Å². The van der Waals surface area contributed by atoms with Crippen LogP contribution in [0.2, 0.25) is 0 Å². The summed E-state index contributed by atoms with van der Waals surface area (Å²) in [5, 5.41) is 20.2. The van der Waals surface area contributed by atoms with E-state index in [4.69, 9.17) is 15.4 Å². The Kier molecular flexibility index (Phi) is 12.6. The number of aromatic nitrogens is 4. The van der Waals surface area contributed by atoms with Gasteiger partial charge in [-0.2, -0.15) is 0 Å². The Balaban J connectivity index is 0.000000267. The third kappa shape index (κ3) is 10.6. The predicted octanol–water partition coefficient (Wildman–Crippen LogP) is -1.89. The summed E-state index contributed by atoms with van der Waals surface area (Å²) in [6, 6.07) is 1.57. The smallest absolute Gasteiger partial charge is 0.274 e. The van der Waals surface area contributed by atoms with Crippen molar-refractivity contribution in [2.45, 2.75) is 101 Å². The molecule has 1 aliphatic heterocycles. The van der Waals surface area contributed by atoms with Gasteiger partial charge < -0.3 is 51.4 Å². The van der Waals surface area contributed by atoms with Crippen molar-refractivity contribution < 1.29 is 59.1 Å². The van der Waals surface area contributed by atoms with Crippen LogP contribution in [0, 0.1) is 0 Å². The molecular formula is C22H41N7O10P2. The van der Waals surface area contributed by atoms with Gasteiger partial charge in [-0.05, 0) is 51.4 Å². The first kappa shape index (κ1) is 33.9. The first-order valence-corrected chi connectivity index (χ1v) is 16.5. The molecule has 3 aliphatic rings. The van der Waals surface area contributed by atoms with E-state index in [2.05, 4.69) is 35.3 Å². The number of ether oxygens (including phenoxy) is 1. The van der Waals surface area contributed by atoms with Gasteiger partial charge in [0.15, 0.2) is 17.7 Å². The van der Waals surface area contributed by atoms with E-state index in [9.17, 15) is 29.1 Å². The maximum absolute atomic E-state index is 11.3. The van der Waals surface area contributed by atoms with Crippen molar-refractivity contribution in [1.29, 1.82) is 0 Å². The van der Waals surface area contributed by atoms with Crippen molar-refractivity contribution >= 4 is 32.6 Å². The molecule has 11 N–H and O–H groups in total. The monoisotopic (exact) mass is 625 g/mol. The van der Waals surface area contributed by atoms with Crippen molar-refractivity contribution in [3.63, 3.8) is 0 Å². The molecule has 6 atom stereocenters. The molecule has 2 aromatic heterocycles.